The molecule has 1 atom stereocenters. The lowest BCUT2D eigenvalue weighted by Gasteiger charge is -2.39. The van der Waals surface area contributed by atoms with E-state index in [1.807, 2.05) is 7.05 Å². The molecule has 2 heterocycles. The first-order valence-electron chi connectivity index (χ1n) is 8.59. The van der Waals surface area contributed by atoms with Crippen molar-refractivity contribution in [2.75, 3.05) is 46.3 Å². The van der Waals surface area contributed by atoms with Crippen LogP contribution in [0.1, 0.15) is 39.5 Å². The molecule has 0 aromatic heterocycles. The van der Waals surface area contributed by atoms with Crippen molar-refractivity contribution in [3.05, 3.63) is 0 Å². The summed E-state index contributed by atoms with van der Waals surface area (Å²) in [5.41, 5.74) is 0. The Balaban J connectivity index is 1.79. The van der Waals surface area contributed by atoms with E-state index < -0.39 is 10.2 Å². The molecule has 7 heteroatoms. The highest BCUT2D eigenvalue weighted by Crippen LogP contribution is 2.21. The van der Waals surface area contributed by atoms with Gasteiger partial charge < -0.3 is 4.90 Å². The van der Waals surface area contributed by atoms with Gasteiger partial charge in [0.05, 0.1) is 0 Å². The number of piperazine rings is 1. The van der Waals surface area contributed by atoms with Gasteiger partial charge >= 0.3 is 0 Å². The zero-order valence-corrected chi connectivity index (χ0v) is 15.1. The Morgan fingerprint density at radius 3 is 2.41 bits per heavy atom. The van der Waals surface area contributed by atoms with Crippen molar-refractivity contribution >= 4 is 10.2 Å². The van der Waals surface area contributed by atoms with Crippen LogP contribution in [0.15, 0.2) is 0 Å². The quantitative estimate of drug-likeness (QED) is 0.779. The molecular weight excluding hydrogens is 300 g/mol. The minimum absolute atomic E-state index is 0.518. The van der Waals surface area contributed by atoms with Gasteiger partial charge in [-0.1, -0.05) is 6.42 Å². The number of rotatable bonds is 6. The molecule has 0 bridgehead atoms. The molecular formula is C15H32N4O2S. The third kappa shape index (κ3) is 4.89. The van der Waals surface area contributed by atoms with Gasteiger partial charge in [-0.2, -0.15) is 12.7 Å². The molecule has 2 aliphatic rings. The van der Waals surface area contributed by atoms with Crippen LogP contribution in [0.2, 0.25) is 0 Å². The van der Waals surface area contributed by atoms with Gasteiger partial charge in [-0.15, -0.1) is 0 Å². The highest BCUT2D eigenvalue weighted by atomic mass is 32.2. The average molecular weight is 333 g/mol. The van der Waals surface area contributed by atoms with Gasteiger partial charge in [0.15, 0.2) is 0 Å². The predicted molar refractivity (Wildman–Crippen MR) is 90.1 cm³/mol. The van der Waals surface area contributed by atoms with E-state index in [4.69, 9.17) is 0 Å². The number of hydrogen-bond acceptors (Lipinski definition) is 4. The maximum atomic E-state index is 12.3. The van der Waals surface area contributed by atoms with Crippen LogP contribution in [0.3, 0.4) is 0 Å². The maximum Gasteiger partial charge on any atom is 0.279 e. The molecule has 0 aliphatic carbocycles. The molecule has 1 unspecified atom stereocenters. The Hall–Kier alpha value is -0.210. The first-order valence-corrected chi connectivity index (χ1v) is 10.0. The van der Waals surface area contributed by atoms with Crippen LogP contribution in [-0.2, 0) is 10.2 Å². The van der Waals surface area contributed by atoms with Crippen LogP contribution in [0.4, 0.5) is 0 Å². The average Bonchev–Trinajstić information content (AvgIpc) is 2.48. The van der Waals surface area contributed by atoms with Crippen LogP contribution >= 0.6 is 0 Å². The zero-order valence-electron chi connectivity index (χ0n) is 14.3. The second kappa shape index (κ2) is 8.06. The van der Waals surface area contributed by atoms with Crippen LogP contribution < -0.4 is 4.72 Å². The molecule has 2 saturated heterocycles. The molecule has 6 nitrogen and oxygen atoms in total. The Labute approximate surface area is 136 Å². The lowest BCUT2D eigenvalue weighted by molar-refractivity contribution is 0.106. The van der Waals surface area contributed by atoms with E-state index in [1.165, 1.54) is 19.3 Å². The van der Waals surface area contributed by atoms with Crippen molar-refractivity contribution in [1.29, 1.82) is 0 Å². The number of nitrogens with zero attached hydrogens (tertiary/aromatic N) is 3. The first-order chi connectivity index (χ1) is 10.4. The normalized spacial score (nSPS) is 26.6. The SMILES string of the molecule is CC(C)N1CCCCC1CCNS(=O)(=O)N1CCN(C)CC1. The maximum absolute atomic E-state index is 12.3. The number of nitrogens with one attached hydrogen (secondary N) is 1. The summed E-state index contributed by atoms with van der Waals surface area (Å²) >= 11 is 0. The summed E-state index contributed by atoms with van der Waals surface area (Å²) < 4.78 is 29.0. The third-order valence-electron chi connectivity index (χ3n) is 4.90. The summed E-state index contributed by atoms with van der Waals surface area (Å²) in [5, 5.41) is 0. The molecule has 2 rings (SSSR count). The second-order valence-electron chi connectivity index (χ2n) is 6.87. The van der Waals surface area contributed by atoms with Gasteiger partial charge in [0.2, 0.25) is 0 Å². The highest BCUT2D eigenvalue weighted by Gasteiger charge is 2.27. The number of hydrogen-bond donors (Lipinski definition) is 1. The van der Waals surface area contributed by atoms with E-state index in [1.54, 1.807) is 4.31 Å². The van der Waals surface area contributed by atoms with E-state index in [9.17, 15) is 8.42 Å². The number of likely N-dealkylation sites (N-methyl/N-ethyl adjacent to an activating group) is 1. The Morgan fingerprint density at radius 1 is 1.09 bits per heavy atom. The van der Waals surface area contributed by atoms with E-state index in [0.717, 1.165) is 26.1 Å². The molecule has 130 valence electrons. The monoisotopic (exact) mass is 332 g/mol. The Morgan fingerprint density at radius 2 is 1.77 bits per heavy atom. The number of piperidine rings is 1. The fourth-order valence-corrected chi connectivity index (χ4v) is 4.69. The van der Waals surface area contributed by atoms with Crippen LogP contribution in [0.5, 0.6) is 0 Å². The first kappa shape index (κ1) is 18.1. The van der Waals surface area contributed by atoms with E-state index in [2.05, 4.69) is 28.4 Å². The molecule has 0 amide bonds. The highest BCUT2D eigenvalue weighted by molar-refractivity contribution is 7.87. The van der Waals surface area contributed by atoms with Crippen molar-refractivity contribution in [1.82, 2.24) is 18.8 Å². The molecule has 0 aromatic carbocycles. The van der Waals surface area contributed by atoms with Crippen molar-refractivity contribution in [3.63, 3.8) is 0 Å². The van der Waals surface area contributed by atoms with Crippen LogP contribution in [-0.4, -0.2) is 80.9 Å². The van der Waals surface area contributed by atoms with Gasteiger partial charge in [-0.3, -0.25) is 4.90 Å². The lowest BCUT2D eigenvalue weighted by Crippen LogP contribution is -2.51. The predicted octanol–water partition coefficient (Wildman–Crippen LogP) is 0.721. The van der Waals surface area contributed by atoms with Gasteiger partial charge in [-0.25, -0.2) is 4.72 Å². The lowest BCUT2D eigenvalue weighted by atomic mass is 9.98. The van der Waals surface area contributed by atoms with Crippen molar-refractivity contribution < 1.29 is 8.42 Å². The fourth-order valence-electron chi connectivity index (χ4n) is 3.49. The van der Waals surface area contributed by atoms with Gasteiger partial charge in [0.25, 0.3) is 10.2 Å². The topological polar surface area (TPSA) is 55.9 Å². The molecule has 1 N–H and O–H groups in total. The van der Waals surface area contributed by atoms with E-state index >= 15 is 0 Å². The minimum atomic E-state index is -3.31. The smallest absolute Gasteiger partial charge is 0.279 e. The Kier molecular flexibility index (Phi) is 6.64. The van der Waals surface area contributed by atoms with Crippen molar-refractivity contribution in [2.24, 2.45) is 0 Å². The zero-order chi connectivity index (χ0) is 16.2. The standard InChI is InChI=1S/C15H32N4O2S/c1-14(2)19-9-5-4-6-15(19)7-8-16-22(20,21)18-12-10-17(3)11-13-18/h14-16H,4-13H2,1-3H3. The van der Waals surface area contributed by atoms with E-state index in [-0.39, 0.29) is 0 Å². The van der Waals surface area contributed by atoms with Crippen LogP contribution in [0, 0.1) is 0 Å². The molecule has 0 spiro atoms. The van der Waals surface area contributed by atoms with Gasteiger partial charge in [-0.05, 0) is 46.7 Å². The molecule has 0 saturated carbocycles. The summed E-state index contributed by atoms with van der Waals surface area (Å²) in [4.78, 5) is 4.68. The molecule has 0 radical (unpaired) electrons. The largest absolute Gasteiger partial charge is 0.304 e. The van der Waals surface area contributed by atoms with Crippen LogP contribution in [0.25, 0.3) is 0 Å². The summed E-state index contributed by atoms with van der Waals surface area (Å²) in [6, 6.07) is 1.06. The molecule has 0 aromatic rings. The minimum Gasteiger partial charge on any atom is -0.304 e. The summed E-state index contributed by atoms with van der Waals surface area (Å²) in [6.07, 6.45) is 4.63. The fraction of sp³-hybridized carbons (Fsp3) is 1.00. The van der Waals surface area contributed by atoms with Crippen molar-refractivity contribution in [3.8, 4) is 0 Å². The Bertz CT molecular complexity index is 433. The number of likely N-dealkylation sites (tertiary alicyclic amines) is 1. The molecule has 2 fully saturated rings. The van der Waals surface area contributed by atoms with Gasteiger partial charge in [0.1, 0.15) is 0 Å². The van der Waals surface area contributed by atoms with Gasteiger partial charge in [0, 0.05) is 44.8 Å². The molecule has 2 aliphatic heterocycles. The summed E-state index contributed by atoms with van der Waals surface area (Å²) in [5.74, 6) is 0. The summed E-state index contributed by atoms with van der Waals surface area (Å²) in [6.45, 7) is 8.95. The van der Waals surface area contributed by atoms with Crippen molar-refractivity contribution in [2.45, 2.75) is 51.6 Å². The second-order valence-corrected chi connectivity index (χ2v) is 8.63. The van der Waals surface area contributed by atoms with E-state index in [0.29, 0.717) is 31.7 Å². The third-order valence-corrected chi connectivity index (χ3v) is 6.51. The molecule has 22 heavy (non-hydrogen) atoms. The summed E-state index contributed by atoms with van der Waals surface area (Å²) in [7, 11) is -1.28.